The van der Waals surface area contributed by atoms with E-state index < -0.39 is 0 Å². The predicted molar refractivity (Wildman–Crippen MR) is 73.4 cm³/mol. The molecule has 0 aromatic heterocycles. The fraction of sp³-hybridized carbons (Fsp3) is 1.00. The Morgan fingerprint density at radius 3 is 2.72 bits per heavy atom. The average Bonchev–Trinajstić information content (AvgIpc) is 2.93. The molecule has 2 N–H and O–H groups in total. The molecule has 2 aliphatic carbocycles. The van der Waals surface area contributed by atoms with Crippen molar-refractivity contribution in [1.82, 2.24) is 4.90 Å². The van der Waals surface area contributed by atoms with Crippen molar-refractivity contribution in [2.75, 3.05) is 19.7 Å². The zero-order valence-electron chi connectivity index (χ0n) is 11.8. The molecule has 1 saturated heterocycles. The standard InChI is InChI=1S/C15H28N2O/c1-3-13-9-18-10(2)7-17(13)8-14-11-4-5-12(6-11)15(14)16/h10-15H,3-9,16H2,1-2H3. The lowest BCUT2D eigenvalue weighted by atomic mass is 9.84. The summed E-state index contributed by atoms with van der Waals surface area (Å²) in [7, 11) is 0. The van der Waals surface area contributed by atoms with Gasteiger partial charge in [0.15, 0.2) is 0 Å². The summed E-state index contributed by atoms with van der Waals surface area (Å²) < 4.78 is 5.79. The number of hydrogen-bond donors (Lipinski definition) is 1. The fourth-order valence-electron chi connectivity index (χ4n) is 4.51. The minimum absolute atomic E-state index is 0.391. The van der Waals surface area contributed by atoms with Gasteiger partial charge in [-0.1, -0.05) is 6.92 Å². The van der Waals surface area contributed by atoms with Crippen LogP contribution in [-0.2, 0) is 4.74 Å². The first-order chi connectivity index (χ1) is 8.69. The summed E-state index contributed by atoms with van der Waals surface area (Å²) in [5.41, 5.74) is 6.44. The van der Waals surface area contributed by atoms with Crippen LogP contribution in [0.3, 0.4) is 0 Å². The maximum Gasteiger partial charge on any atom is 0.0674 e. The smallest absolute Gasteiger partial charge is 0.0674 e. The molecule has 6 atom stereocenters. The molecule has 0 aromatic carbocycles. The van der Waals surface area contributed by atoms with E-state index in [1.165, 1.54) is 32.2 Å². The van der Waals surface area contributed by atoms with Gasteiger partial charge < -0.3 is 10.5 Å². The van der Waals surface area contributed by atoms with Crippen molar-refractivity contribution in [2.24, 2.45) is 23.5 Å². The molecule has 1 heterocycles. The van der Waals surface area contributed by atoms with Crippen LogP contribution in [0.1, 0.15) is 39.5 Å². The minimum atomic E-state index is 0.391. The normalized spacial score (nSPS) is 48.8. The molecule has 2 bridgehead atoms. The van der Waals surface area contributed by atoms with Gasteiger partial charge in [-0.3, -0.25) is 4.90 Å². The van der Waals surface area contributed by atoms with Gasteiger partial charge in [0.25, 0.3) is 0 Å². The minimum Gasteiger partial charge on any atom is -0.376 e. The highest BCUT2D eigenvalue weighted by Gasteiger charge is 2.46. The topological polar surface area (TPSA) is 38.5 Å². The second-order valence-corrected chi connectivity index (χ2v) is 6.73. The zero-order chi connectivity index (χ0) is 12.7. The van der Waals surface area contributed by atoms with Gasteiger partial charge in [-0.2, -0.15) is 0 Å². The van der Waals surface area contributed by atoms with Gasteiger partial charge in [0, 0.05) is 25.2 Å². The van der Waals surface area contributed by atoms with Gasteiger partial charge in [-0.25, -0.2) is 0 Å². The van der Waals surface area contributed by atoms with Crippen molar-refractivity contribution < 1.29 is 4.74 Å². The number of ether oxygens (including phenoxy) is 1. The van der Waals surface area contributed by atoms with Crippen LogP contribution in [0.4, 0.5) is 0 Å². The second-order valence-electron chi connectivity index (χ2n) is 6.73. The molecule has 2 saturated carbocycles. The number of rotatable bonds is 3. The maximum atomic E-state index is 6.44. The number of hydrogen-bond acceptors (Lipinski definition) is 3. The molecular weight excluding hydrogens is 224 g/mol. The van der Waals surface area contributed by atoms with Gasteiger partial charge in [0.1, 0.15) is 0 Å². The maximum absolute atomic E-state index is 6.44. The molecule has 3 nitrogen and oxygen atoms in total. The Morgan fingerprint density at radius 2 is 2.06 bits per heavy atom. The van der Waals surface area contributed by atoms with Crippen molar-refractivity contribution in [3.8, 4) is 0 Å². The lowest BCUT2D eigenvalue weighted by molar-refractivity contribution is -0.0638. The molecule has 0 spiro atoms. The highest BCUT2D eigenvalue weighted by molar-refractivity contribution is 5.00. The summed E-state index contributed by atoms with van der Waals surface area (Å²) >= 11 is 0. The molecule has 3 heteroatoms. The van der Waals surface area contributed by atoms with E-state index in [4.69, 9.17) is 10.5 Å². The van der Waals surface area contributed by atoms with E-state index in [1.807, 2.05) is 0 Å². The van der Waals surface area contributed by atoms with Crippen molar-refractivity contribution in [3.05, 3.63) is 0 Å². The van der Waals surface area contributed by atoms with E-state index in [9.17, 15) is 0 Å². The van der Waals surface area contributed by atoms with E-state index in [2.05, 4.69) is 18.7 Å². The third kappa shape index (κ3) is 2.21. The SMILES string of the molecule is CCC1COC(C)CN1CC1C2CCC(C2)C1N. The van der Waals surface area contributed by atoms with Crippen LogP contribution in [0.15, 0.2) is 0 Å². The summed E-state index contributed by atoms with van der Waals surface area (Å²) in [6.45, 7) is 7.69. The molecule has 3 aliphatic rings. The van der Waals surface area contributed by atoms with Gasteiger partial charge in [-0.15, -0.1) is 0 Å². The number of nitrogens with two attached hydrogens (primary N) is 1. The van der Waals surface area contributed by atoms with Crippen LogP contribution in [0.5, 0.6) is 0 Å². The van der Waals surface area contributed by atoms with E-state index in [-0.39, 0.29) is 0 Å². The molecule has 0 aromatic rings. The quantitative estimate of drug-likeness (QED) is 0.833. The number of nitrogens with zero attached hydrogens (tertiary/aromatic N) is 1. The lowest BCUT2D eigenvalue weighted by Gasteiger charge is -2.42. The average molecular weight is 252 g/mol. The highest BCUT2D eigenvalue weighted by Crippen LogP contribution is 2.48. The van der Waals surface area contributed by atoms with Crippen molar-refractivity contribution >= 4 is 0 Å². The first-order valence-electron chi connectivity index (χ1n) is 7.80. The Hall–Kier alpha value is -0.120. The lowest BCUT2D eigenvalue weighted by Crippen LogP contribution is -2.52. The van der Waals surface area contributed by atoms with Gasteiger partial charge in [-0.05, 0) is 50.4 Å². The Kier molecular flexibility index (Phi) is 3.65. The summed E-state index contributed by atoms with van der Waals surface area (Å²) in [6, 6.07) is 1.09. The Balaban J connectivity index is 1.63. The molecule has 6 unspecified atom stereocenters. The Labute approximate surface area is 111 Å². The Morgan fingerprint density at radius 1 is 1.28 bits per heavy atom. The molecule has 0 radical (unpaired) electrons. The monoisotopic (exact) mass is 252 g/mol. The largest absolute Gasteiger partial charge is 0.376 e. The molecule has 3 fully saturated rings. The third-order valence-electron chi connectivity index (χ3n) is 5.66. The van der Waals surface area contributed by atoms with Crippen molar-refractivity contribution in [3.63, 3.8) is 0 Å². The highest BCUT2D eigenvalue weighted by atomic mass is 16.5. The van der Waals surface area contributed by atoms with Crippen LogP contribution >= 0.6 is 0 Å². The molecular formula is C15H28N2O. The van der Waals surface area contributed by atoms with Crippen LogP contribution in [0, 0.1) is 17.8 Å². The van der Waals surface area contributed by atoms with E-state index in [0.717, 1.165) is 30.9 Å². The van der Waals surface area contributed by atoms with Crippen LogP contribution in [0.25, 0.3) is 0 Å². The summed E-state index contributed by atoms with van der Waals surface area (Å²) in [4.78, 5) is 2.67. The van der Waals surface area contributed by atoms with Crippen LogP contribution < -0.4 is 5.73 Å². The van der Waals surface area contributed by atoms with Gasteiger partial charge in [0.2, 0.25) is 0 Å². The summed E-state index contributed by atoms with van der Waals surface area (Å²) in [5.74, 6) is 2.50. The third-order valence-corrected chi connectivity index (χ3v) is 5.66. The second kappa shape index (κ2) is 5.10. The first kappa shape index (κ1) is 12.9. The fourth-order valence-corrected chi connectivity index (χ4v) is 4.51. The molecule has 104 valence electrons. The summed E-state index contributed by atoms with van der Waals surface area (Å²) in [6.07, 6.45) is 5.81. The van der Waals surface area contributed by atoms with Crippen LogP contribution in [0.2, 0.25) is 0 Å². The van der Waals surface area contributed by atoms with Crippen LogP contribution in [-0.4, -0.2) is 42.8 Å². The molecule has 18 heavy (non-hydrogen) atoms. The molecule has 0 amide bonds. The van der Waals surface area contributed by atoms with E-state index >= 15 is 0 Å². The first-order valence-corrected chi connectivity index (χ1v) is 7.80. The summed E-state index contributed by atoms with van der Waals surface area (Å²) in [5, 5.41) is 0. The number of morpholine rings is 1. The predicted octanol–water partition coefficient (Wildman–Crippen LogP) is 1.86. The zero-order valence-corrected chi connectivity index (χ0v) is 11.8. The van der Waals surface area contributed by atoms with Crippen molar-refractivity contribution in [1.29, 1.82) is 0 Å². The van der Waals surface area contributed by atoms with Crippen molar-refractivity contribution in [2.45, 2.75) is 57.7 Å². The number of fused-ring (bicyclic) bond motifs is 2. The van der Waals surface area contributed by atoms with E-state index in [0.29, 0.717) is 18.2 Å². The Bertz CT molecular complexity index is 294. The van der Waals surface area contributed by atoms with E-state index in [1.54, 1.807) is 0 Å². The van der Waals surface area contributed by atoms with Gasteiger partial charge >= 0.3 is 0 Å². The molecule has 1 aliphatic heterocycles. The van der Waals surface area contributed by atoms with Gasteiger partial charge in [0.05, 0.1) is 12.7 Å². The molecule has 3 rings (SSSR count).